The average Bonchev–Trinajstić information content (AvgIpc) is 2.51. The molecule has 1 aromatic rings. The minimum absolute atomic E-state index is 0.395. The van der Waals surface area contributed by atoms with E-state index >= 15 is 0 Å². The topological polar surface area (TPSA) is 78.0 Å². The predicted octanol–water partition coefficient (Wildman–Crippen LogP) is -0.249. The van der Waals surface area contributed by atoms with Crippen LogP contribution in [0.1, 0.15) is 16.9 Å². The van der Waals surface area contributed by atoms with E-state index in [0.29, 0.717) is 18.0 Å². The summed E-state index contributed by atoms with van der Waals surface area (Å²) in [7, 11) is -0.802. The first-order chi connectivity index (χ1) is 6.61. The van der Waals surface area contributed by atoms with Crippen molar-refractivity contribution in [2.45, 2.75) is 13.0 Å². The lowest BCUT2D eigenvalue weighted by Gasteiger charge is -2.03. The van der Waals surface area contributed by atoms with E-state index in [9.17, 15) is 9.00 Å². The van der Waals surface area contributed by atoms with Crippen molar-refractivity contribution in [3.63, 3.8) is 0 Å². The Morgan fingerprint density at radius 1 is 1.71 bits per heavy atom. The van der Waals surface area contributed by atoms with Gasteiger partial charge in [-0.15, -0.1) is 0 Å². The van der Waals surface area contributed by atoms with Crippen molar-refractivity contribution in [1.82, 2.24) is 9.78 Å². The number of nitrogens with two attached hydrogens (primary N) is 1. The van der Waals surface area contributed by atoms with Crippen molar-refractivity contribution >= 4 is 16.7 Å². The Bertz CT molecular complexity index is 348. The number of amides is 1. The highest BCUT2D eigenvalue weighted by molar-refractivity contribution is 7.84. The molecule has 0 radical (unpaired) electrons. The van der Waals surface area contributed by atoms with Gasteiger partial charge in [-0.3, -0.25) is 13.7 Å². The Morgan fingerprint density at radius 2 is 2.43 bits per heavy atom. The average molecular weight is 215 g/mol. The number of nitrogens with zero attached hydrogens (tertiary/aromatic N) is 2. The number of carbonyl (C=O) groups excluding carboxylic acids is 1. The van der Waals surface area contributed by atoms with Crippen molar-refractivity contribution in [2.24, 2.45) is 5.73 Å². The van der Waals surface area contributed by atoms with E-state index in [1.807, 2.05) is 0 Å². The highest BCUT2D eigenvalue weighted by Crippen LogP contribution is 1.99. The summed E-state index contributed by atoms with van der Waals surface area (Å²) in [5.41, 5.74) is 5.53. The summed E-state index contributed by atoms with van der Waals surface area (Å²) >= 11 is 0. The maximum Gasteiger partial charge on any atom is 0.266 e. The second-order valence-electron chi connectivity index (χ2n) is 2.93. The van der Waals surface area contributed by atoms with Crippen LogP contribution in [0.25, 0.3) is 0 Å². The minimum atomic E-state index is -0.802. The summed E-state index contributed by atoms with van der Waals surface area (Å²) in [4.78, 5) is 10.9. The molecule has 1 amide bonds. The Morgan fingerprint density at radius 3 is 3.00 bits per heavy atom. The quantitative estimate of drug-likeness (QED) is 0.735. The van der Waals surface area contributed by atoms with Gasteiger partial charge in [0.2, 0.25) is 0 Å². The zero-order chi connectivity index (χ0) is 10.6. The molecule has 1 heterocycles. The largest absolute Gasteiger partial charge is 0.364 e. The summed E-state index contributed by atoms with van der Waals surface area (Å²) in [5, 5.41) is 3.95. The Labute approximate surface area is 84.7 Å². The molecule has 0 saturated carbocycles. The molecule has 2 N–H and O–H groups in total. The molecule has 0 saturated heterocycles. The van der Waals surface area contributed by atoms with Crippen molar-refractivity contribution in [1.29, 1.82) is 0 Å². The van der Waals surface area contributed by atoms with E-state index in [4.69, 9.17) is 5.73 Å². The van der Waals surface area contributed by atoms with Crippen LogP contribution in [0.3, 0.4) is 0 Å². The molecule has 0 spiro atoms. The van der Waals surface area contributed by atoms with Crippen molar-refractivity contribution in [3.8, 4) is 0 Å². The van der Waals surface area contributed by atoms with Gasteiger partial charge in [-0.25, -0.2) is 0 Å². The first-order valence-electron chi connectivity index (χ1n) is 4.23. The molecule has 78 valence electrons. The van der Waals surface area contributed by atoms with Crippen molar-refractivity contribution in [3.05, 3.63) is 18.0 Å². The number of hydrogen-bond donors (Lipinski definition) is 1. The molecule has 6 heteroatoms. The molecule has 0 aliphatic heterocycles. The second kappa shape index (κ2) is 4.90. The fourth-order valence-corrected chi connectivity index (χ4v) is 1.67. The van der Waals surface area contributed by atoms with Gasteiger partial charge in [0.05, 0.1) is 0 Å². The number of hydrogen-bond acceptors (Lipinski definition) is 3. The van der Waals surface area contributed by atoms with Crippen LogP contribution in [0, 0.1) is 0 Å². The first kappa shape index (κ1) is 10.9. The number of aryl methyl sites for hydroxylation is 1. The van der Waals surface area contributed by atoms with E-state index in [0.717, 1.165) is 6.42 Å². The van der Waals surface area contributed by atoms with Crippen molar-refractivity contribution < 1.29 is 9.00 Å². The second-order valence-corrected chi connectivity index (χ2v) is 4.49. The summed E-state index contributed by atoms with van der Waals surface area (Å²) in [6.45, 7) is 0.574. The van der Waals surface area contributed by atoms with E-state index in [1.54, 1.807) is 12.3 Å². The van der Waals surface area contributed by atoms with Gasteiger partial charge in [0.25, 0.3) is 5.91 Å². The van der Waals surface area contributed by atoms with Gasteiger partial charge in [0.15, 0.2) is 0 Å². The Hall–Kier alpha value is -1.17. The highest BCUT2D eigenvalue weighted by Gasteiger charge is 2.07. The fraction of sp³-hybridized carbons (Fsp3) is 0.500. The molecule has 1 aromatic heterocycles. The third-order valence-corrected chi connectivity index (χ3v) is 2.63. The van der Waals surface area contributed by atoms with E-state index < -0.39 is 16.7 Å². The number of aromatic nitrogens is 2. The summed E-state index contributed by atoms with van der Waals surface area (Å²) in [6, 6.07) is 1.57. The van der Waals surface area contributed by atoms with Gasteiger partial charge in [-0.05, 0) is 12.5 Å². The molecule has 14 heavy (non-hydrogen) atoms. The number of carbonyl (C=O) groups is 1. The molecule has 1 unspecified atom stereocenters. The Balaban J connectivity index is 2.54. The van der Waals surface area contributed by atoms with Crippen LogP contribution in [0.4, 0.5) is 0 Å². The highest BCUT2D eigenvalue weighted by atomic mass is 32.2. The zero-order valence-electron chi connectivity index (χ0n) is 7.97. The van der Waals surface area contributed by atoms with E-state index in [-0.39, 0.29) is 0 Å². The normalized spacial score (nSPS) is 12.6. The molecule has 0 aliphatic rings. The van der Waals surface area contributed by atoms with Gasteiger partial charge in [0.1, 0.15) is 5.69 Å². The smallest absolute Gasteiger partial charge is 0.266 e. The number of primary amides is 1. The molecule has 0 aliphatic carbocycles. The molecule has 5 nitrogen and oxygen atoms in total. The molecule has 0 aromatic carbocycles. The lowest BCUT2D eigenvalue weighted by molar-refractivity contribution is 0.0990. The van der Waals surface area contributed by atoms with Gasteiger partial charge >= 0.3 is 0 Å². The minimum Gasteiger partial charge on any atom is -0.364 e. The fourth-order valence-electron chi connectivity index (χ4n) is 1.14. The van der Waals surface area contributed by atoms with E-state index in [2.05, 4.69) is 5.10 Å². The van der Waals surface area contributed by atoms with Crippen LogP contribution >= 0.6 is 0 Å². The number of rotatable bonds is 5. The standard InChI is InChI=1S/C8H13N3O2S/c1-14(13)6-2-5-11-7(8(9)12)3-4-10-11/h3-4H,2,5-6H2,1H3,(H2,9,12). The molecular weight excluding hydrogens is 202 g/mol. The molecule has 0 fully saturated rings. The van der Waals surface area contributed by atoms with Gasteiger partial charge in [0, 0.05) is 35.5 Å². The van der Waals surface area contributed by atoms with Crippen LogP contribution < -0.4 is 5.73 Å². The zero-order valence-corrected chi connectivity index (χ0v) is 8.79. The molecule has 0 bridgehead atoms. The summed E-state index contributed by atoms with van der Waals surface area (Å²) < 4.78 is 12.3. The Kier molecular flexibility index (Phi) is 3.82. The van der Waals surface area contributed by atoms with Crippen LogP contribution in [0.2, 0.25) is 0 Å². The maximum atomic E-state index is 10.9. The molecular formula is C8H13N3O2S. The first-order valence-corrected chi connectivity index (χ1v) is 5.95. The monoisotopic (exact) mass is 215 g/mol. The third-order valence-electron chi connectivity index (χ3n) is 1.77. The molecule has 1 rings (SSSR count). The predicted molar refractivity (Wildman–Crippen MR) is 54.3 cm³/mol. The van der Waals surface area contributed by atoms with Crippen LogP contribution in [0.15, 0.2) is 12.3 Å². The van der Waals surface area contributed by atoms with Crippen molar-refractivity contribution in [2.75, 3.05) is 12.0 Å². The summed E-state index contributed by atoms with van der Waals surface area (Å²) in [5.74, 6) is 0.123. The molecule has 1 atom stereocenters. The van der Waals surface area contributed by atoms with Crippen LogP contribution in [-0.2, 0) is 17.3 Å². The van der Waals surface area contributed by atoms with E-state index in [1.165, 1.54) is 10.9 Å². The maximum absolute atomic E-state index is 10.9. The van der Waals surface area contributed by atoms with Crippen LogP contribution in [-0.4, -0.2) is 31.9 Å². The lowest BCUT2D eigenvalue weighted by atomic mass is 10.4. The lowest BCUT2D eigenvalue weighted by Crippen LogP contribution is -2.18. The SMILES string of the molecule is CS(=O)CCCn1nccc1C(N)=O. The van der Waals surface area contributed by atoms with Gasteiger partial charge < -0.3 is 5.73 Å². The third kappa shape index (κ3) is 2.95. The van der Waals surface area contributed by atoms with Gasteiger partial charge in [-0.2, -0.15) is 5.10 Å². The van der Waals surface area contributed by atoms with Gasteiger partial charge in [-0.1, -0.05) is 0 Å². The summed E-state index contributed by atoms with van der Waals surface area (Å²) in [6.07, 6.45) is 3.91. The van der Waals surface area contributed by atoms with Crippen LogP contribution in [0.5, 0.6) is 0 Å².